The van der Waals surface area contributed by atoms with Gasteiger partial charge in [0.2, 0.25) is 0 Å². The number of carbonyl (C=O) groups excluding carboxylic acids is 2. The van der Waals surface area contributed by atoms with Crippen molar-refractivity contribution >= 4 is 11.9 Å². The van der Waals surface area contributed by atoms with E-state index in [0.29, 0.717) is 6.54 Å². The molecule has 0 aliphatic rings. The zero-order chi connectivity index (χ0) is 12.7. The summed E-state index contributed by atoms with van der Waals surface area (Å²) in [6.07, 6.45) is 0.851. The van der Waals surface area contributed by atoms with E-state index < -0.39 is 5.97 Å². The first-order valence-corrected chi connectivity index (χ1v) is 5.61. The van der Waals surface area contributed by atoms with Gasteiger partial charge in [-0.1, -0.05) is 13.0 Å². The maximum Gasteiger partial charge on any atom is 0.356 e. The highest BCUT2D eigenvalue weighted by atomic mass is 16.5. The second kappa shape index (κ2) is 6.62. The number of pyridine rings is 1. The Bertz CT molecular complexity index is 404. The van der Waals surface area contributed by atoms with Gasteiger partial charge in [-0.25, -0.2) is 9.78 Å². The Kier molecular flexibility index (Phi) is 5.13. The number of rotatable bonds is 5. The zero-order valence-electron chi connectivity index (χ0n) is 10.0. The van der Waals surface area contributed by atoms with Crippen molar-refractivity contribution in [3.8, 4) is 0 Å². The highest BCUT2D eigenvalue weighted by Crippen LogP contribution is 2.01. The SMILES string of the molecule is CCCNC(=O)c1cccc(C(=O)OCC)n1. The third-order valence-corrected chi connectivity index (χ3v) is 2.00. The van der Waals surface area contributed by atoms with Crippen LogP contribution in [-0.4, -0.2) is 30.0 Å². The smallest absolute Gasteiger partial charge is 0.356 e. The number of ether oxygens (including phenoxy) is 1. The second-order valence-electron chi connectivity index (χ2n) is 3.38. The van der Waals surface area contributed by atoms with E-state index >= 15 is 0 Å². The van der Waals surface area contributed by atoms with Crippen LogP contribution >= 0.6 is 0 Å². The van der Waals surface area contributed by atoms with Gasteiger partial charge in [-0.2, -0.15) is 0 Å². The van der Waals surface area contributed by atoms with Gasteiger partial charge in [0.25, 0.3) is 5.91 Å². The van der Waals surface area contributed by atoms with Crippen LogP contribution in [0.1, 0.15) is 41.2 Å². The largest absolute Gasteiger partial charge is 0.461 e. The number of aromatic nitrogens is 1. The molecule has 0 aromatic carbocycles. The molecule has 17 heavy (non-hydrogen) atoms. The molecule has 0 bridgehead atoms. The second-order valence-corrected chi connectivity index (χ2v) is 3.38. The van der Waals surface area contributed by atoms with Crippen LogP contribution < -0.4 is 5.32 Å². The van der Waals surface area contributed by atoms with Crippen LogP contribution in [0.3, 0.4) is 0 Å². The lowest BCUT2D eigenvalue weighted by atomic mass is 10.3. The lowest BCUT2D eigenvalue weighted by Crippen LogP contribution is -2.25. The molecule has 0 radical (unpaired) electrons. The maximum absolute atomic E-state index is 11.6. The minimum atomic E-state index is -0.516. The van der Waals surface area contributed by atoms with Crippen LogP contribution in [0.15, 0.2) is 18.2 Å². The summed E-state index contributed by atoms with van der Waals surface area (Å²) in [5.41, 5.74) is 0.375. The van der Waals surface area contributed by atoms with Gasteiger partial charge in [0.15, 0.2) is 0 Å². The molecule has 0 aliphatic carbocycles. The Morgan fingerprint density at radius 1 is 1.29 bits per heavy atom. The molecule has 0 aliphatic heterocycles. The summed E-state index contributed by atoms with van der Waals surface area (Å²) in [6, 6.07) is 4.70. The van der Waals surface area contributed by atoms with Gasteiger partial charge in [-0.05, 0) is 25.5 Å². The summed E-state index contributed by atoms with van der Waals surface area (Å²) in [5, 5.41) is 2.69. The standard InChI is InChI=1S/C12H16N2O3/c1-3-8-13-11(15)9-6-5-7-10(14-9)12(16)17-4-2/h5-7H,3-4,8H2,1-2H3,(H,13,15). The summed E-state index contributed by atoms with van der Waals surface area (Å²) in [5.74, 6) is -0.796. The Balaban J connectivity index is 2.78. The van der Waals surface area contributed by atoms with Crippen molar-refractivity contribution < 1.29 is 14.3 Å². The van der Waals surface area contributed by atoms with Crippen molar-refractivity contribution in [3.05, 3.63) is 29.6 Å². The topological polar surface area (TPSA) is 68.3 Å². The molecule has 0 unspecified atom stereocenters. The van der Waals surface area contributed by atoms with Crippen LogP contribution in [0.5, 0.6) is 0 Å². The van der Waals surface area contributed by atoms with Crippen LogP contribution in [0.2, 0.25) is 0 Å². The highest BCUT2D eigenvalue weighted by Gasteiger charge is 2.12. The Labute approximate surface area is 100 Å². The summed E-state index contributed by atoms with van der Waals surface area (Å²) < 4.78 is 4.81. The number of esters is 1. The molecule has 0 saturated carbocycles. The van der Waals surface area contributed by atoms with Crippen molar-refractivity contribution in [1.82, 2.24) is 10.3 Å². The lowest BCUT2D eigenvalue weighted by Gasteiger charge is -2.04. The van der Waals surface area contributed by atoms with E-state index in [4.69, 9.17) is 4.74 Å². The highest BCUT2D eigenvalue weighted by molar-refractivity contribution is 5.94. The monoisotopic (exact) mass is 236 g/mol. The molecule has 1 N–H and O–H groups in total. The molecule has 5 nitrogen and oxygen atoms in total. The third-order valence-electron chi connectivity index (χ3n) is 2.00. The third kappa shape index (κ3) is 3.86. The molecule has 1 heterocycles. The van der Waals surface area contributed by atoms with Gasteiger partial charge in [0.05, 0.1) is 6.61 Å². The van der Waals surface area contributed by atoms with Crippen LogP contribution in [0.4, 0.5) is 0 Å². The average molecular weight is 236 g/mol. The molecule has 5 heteroatoms. The Morgan fingerprint density at radius 3 is 2.65 bits per heavy atom. The minimum absolute atomic E-state index is 0.149. The fourth-order valence-electron chi connectivity index (χ4n) is 1.21. The molecule has 1 rings (SSSR count). The lowest BCUT2D eigenvalue weighted by molar-refractivity contribution is 0.0519. The van der Waals surface area contributed by atoms with Crippen LogP contribution in [-0.2, 0) is 4.74 Å². The Morgan fingerprint density at radius 2 is 2.00 bits per heavy atom. The van der Waals surface area contributed by atoms with Crippen LogP contribution in [0.25, 0.3) is 0 Å². The summed E-state index contributed by atoms with van der Waals surface area (Å²) >= 11 is 0. The molecule has 0 spiro atoms. The van der Waals surface area contributed by atoms with Gasteiger partial charge in [-0.15, -0.1) is 0 Å². The average Bonchev–Trinajstić information content (AvgIpc) is 2.36. The predicted molar refractivity (Wildman–Crippen MR) is 62.8 cm³/mol. The molecular weight excluding hydrogens is 220 g/mol. The summed E-state index contributed by atoms with van der Waals surface area (Å²) in [6.45, 7) is 4.55. The number of amides is 1. The normalized spacial score (nSPS) is 9.76. The first-order chi connectivity index (χ1) is 8.19. The first-order valence-electron chi connectivity index (χ1n) is 5.61. The maximum atomic E-state index is 11.6. The fraction of sp³-hybridized carbons (Fsp3) is 0.417. The van der Waals surface area contributed by atoms with Gasteiger partial charge < -0.3 is 10.1 Å². The number of carbonyl (C=O) groups is 2. The summed E-state index contributed by atoms with van der Waals surface area (Å²) in [4.78, 5) is 27.0. The Hall–Kier alpha value is -1.91. The van der Waals surface area contributed by atoms with E-state index in [1.54, 1.807) is 19.1 Å². The van der Waals surface area contributed by atoms with Crippen molar-refractivity contribution in [2.75, 3.05) is 13.2 Å². The molecule has 1 aromatic rings. The van der Waals surface area contributed by atoms with Gasteiger partial charge >= 0.3 is 5.97 Å². The van der Waals surface area contributed by atoms with Crippen molar-refractivity contribution in [1.29, 1.82) is 0 Å². The summed E-state index contributed by atoms with van der Waals surface area (Å²) in [7, 11) is 0. The molecule has 0 fully saturated rings. The number of hydrogen-bond donors (Lipinski definition) is 1. The number of nitrogens with zero attached hydrogens (tertiary/aromatic N) is 1. The van der Waals surface area contributed by atoms with E-state index in [1.807, 2.05) is 6.92 Å². The first kappa shape index (κ1) is 13.2. The fourth-order valence-corrected chi connectivity index (χ4v) is 1.21. The van der Waals surface area contributed by atoms with E-state index in [9.17, 15) is 9.59 Å². The van der Waals surface area contributed by atoms with Crippen molar-refractivity contribution in [2.45, 2.75) is 20.3 Å². The van der Waals surface area contributed by atoms with E-state index in [-0.39, 0.29) is 23.9 Å². The molecule has 1 aromatic heterocycles. The minimum Gasteiger partial charge on any atom is -0.461 e. The molecule has 1 amide bonds. The molecule has 0 saturated heterocycles. The van der Waals surface area contributed by atoms with Gasteiger partial charge in [-0.3, -0.25) is 4.79 Å². The molecule has 92 valence electrons. The van der Waals surface area contributed by atoms with E-state index in [1.165, 1.54) is 6.07 Å². The van der Waals surface area contributed by atoms with E-state index in [2.05, 4.69) is 10.3 Å². The van der Waals surface area contributed by atoms with Crippen molar-refractivity contribution in [2.24, 2.45) is 0 Å². The predicted octanol–water partition coefficient (Wildman–Crippen LogP) is 1.40. The van der Waals surface area contributed by atoms with Gasteiger partial charge in [0.1, 0.15) is 11.4 Å². The quantitative estimate of drug-likeness (QED) is 0.784. The van der Waals surface area contributed by atoms with E-state index in [0.717, 1.165) is 6.42 Å². The van der Waals surface area contributed by atoms with Crippen LogP contribution in [0, 0.1) is 0 Å². The zero-order valence-corrected chi connectivity index (χ0v) is 10.0. The number of hydrogen-bond acceptors (Lipinski definition) is 4. The number of nitrogens with one attached hydrogen (secondary N) is 1. The molecule has 0 atom stereocenters. The van der Waals surface area contributed by atoms with Crippen molar-refractivity contribution in [3.63, 3.8) is 0 Å². The van der Waals surface area contributed by atoms with Gasteiger partial charge in [0, 0.05) is 6.54 Å². The molecular formula is C12H16N2O3.